The quantitative estimate of drug-likeness (QED) is 0.506. The van der Waals surface area contributed by atoms with Crippen molar-refractivity contribution in [2.45, 2.75) is 11.4 Å². The van der Waals surface area contributed by atoms with Crippen LogP contribution in [-0.2, 0) is 21.0 Å². The molecule has 0 radical (unpaired) electrons. The molecule has 0 saturated carbocycles. The average molecular weight is 310 g/mol. The Morgan fingerprint density at radius 3 is 2.65 bits per heavy atom. The van der Waals surface area contributed by atoms with Crippen LogP contribution in [0.15, 0.2) is 47.8 Å². The highest BCUT2D eigenvalue weighted by atomic mass is 35.5. The first-order valence-electron chi connectivity index (χ1n) is 6.27. The van der Waals surface area contributed by atoms with E-state index in [2.05, 4.69) is 11.4 Å². The first kappa shape index (κ1) is 15.0. The van der Waals surface area contributed by atoms with Crippen LogP contribution < -0.4 is 5.32 Å². The first-order chi connectivity index (χ1) is 9.66. The molecule has 0 unspecified atom stereocenters. The van der Waals surface area contributed by atoms with E-state index in [1.165, 1.54) is 12.0 Å². The summed E-state index contributed by atoms with van der Waals surface area (Å²) in [4.78, 5) is 11.9. The second kappa shape index (κ2) is 6.88. The molecule has 1 heterocycles. The number of nitrogens with one attached hydrogen (secondary N) is 1. The predicted octanol–water partition coefficient (Wildman–Crippen LogP) is 3.15. The lowest BCUT2D eigenvalue weighted by atomic mass is 10.1. The summed E-state index contributed by atoms with van der Waals surface area (Å²) in [5.74, 6) is -0.503. The predicted molar refractivity (Wildman–Crippen MR) is 82.0 cm³/mol. The van der Waals surface area contributed by atoms with E-state index in [4.69, 9.17) is 16.3 Å². The van der Waals surface area contributed by atoms with Crippen LogP contribution in [0.5, 0.6) is 0 Å². The molecule has 0 aliphatic heterocycles. The molecule has 2 aromatic rings. The topological polar surface area (TPSA) is 38.3 Å². The summed E-state index contributed by atoms with van der Waals surface area (Å²) in [5, 5.41) is 5.13. The zero-order chi connectivity index (χ0) is 14.4. The van der Waals surface area contributed by atoms with Crippen molar-refractivity contribution in [1.29, 1.82) is 0 Å². The van der Waals surface area contributed by atoms with Gasteiger partial charge in [-0.1, -0.05) is 48.0 Å². The van der Waals surface area contributed by atoms with Gasteiger partial charge in [0.05, 0.1) is 7.11 Å². The molecule has 20 heavy (non-hydrogen) atoms. The first-order valence-corrected chi connectivity index (χ1v) is 7.53. The average Bonchev–Trinajstić information content (AvgIpc) is 3.00. The van der Waals surface area contributed by atoms with Crippen molar-refractivity contribution < 1.29 is 9.53 Å². The van der Waals surface area contributed by atoms with Gasteiger partial charge in [-0.2, -0.15) is 0 Å². The van der Waals surface area contributed by atoms with Crippen molar-refractivity contribution in [3.63, 3.8) is 0 Å². The summed E-state index contributed by atoms with van der Waals surface area (Å²) in [6, 6.07) is 13.2. The van der Waals surface area contributed by atoms with Crippen LogP contribution in [-0.4, -0.2) is 19.6 Å². The molecular weight excluding hydrogens is 294 g/mol. The number of rotatable bonds is 6. The van der Waals surface area contributed by atoms with E-state index >= 15 is 0 Å². The van der Waals surface area contributed by atoms with Gasteiger partial charge in [0.1, 0.15) is 0 Å². The van der Waals surface area contributed by atoms with Crippen molar-refractivity contribution in [2.24, 2.45) is 0 Å². The molecule has 0 fully saturated rings. The molecule has 0 aliphatic carbocycles. The number of hydrogen-bond donors (Lipinski definition) is 1. The van der Waals surface area contributed by atoms with Crippen LogP contribution in [0.25, 0.3) is 0 Å². The molecule has 0 amide bonds. The van der Waals surface area contributed by atoms with Gasteiger partial charge < -0.3 is 4.74 Å². The van der Waals surface area contributed by atoms with E-state index in [1.807, 2.05) is 41.8 Å². The number of benzene rings is 1. The maximum absolute atomic E-state index is 12.0. The van der Waals surface area contributed by atoms with E-state index in [0.717, 1.165) is 6.42 Å². The van der Waals surface area contributed by atoms with Crippen molar-refractivity contribution in [2.75, 3.05) is 13.7 Å². The molecule has 3 nitrogen and oxygen atoms in total. The van der Waals surface area contributed by atoms with Gasteiger partial charge in [0.25, 0.3) is 0 Å². The van der Waals surface area contributed by atoms with Crippen molar-refractivity contribution in [1.82, 2.24) is 5.32 Å². The molecule has 1 atom stereocenters. The smallest absolute Gasteiger partial charge is 0.346 e. The highest BCUT2D eigenvalue weighted by Crippen LogP contribution is 2.27. The highest BCUT2D eigenvalue weighted by Gasteiger charge is 2.38. The molecule has 1 aromatic heterocycles. The maximum atomic E-state index is 12.0. The number of thiophene rings is 1. The number of esters is 1. The molecule has 0 aliphatic rings. The second-order valence-corrected chi connectivity index (χ2v) is 5.87. The number of carbonyl (C=O) groups excluding carboxylic acids is 1. The van der Waals surface area contributed by atoms with Crippen LogP contribution in [0.2, 0.25) is 0 Å². The third kappa shape index (κ3) is 3.39. The van der Waals surface area contributed by atoms with Gasteiger partial charge in [-0.25, -0.2) is 4.79 Å². The van der Waals surface area contributed by atoms with Gasteiger partial charge in [0.15, 0.2) is 0 Å². The minimum Gasteiger partial charge on any atom is -0.466 e. The van der Waals surface area contributed by atoms with E-state index in [-0.39, 0.29) is 0 Å². The number of methoxy groups -OCH3 is 1. The lowest BCUT2D eigenvalue weighted by molar-refractivity contribution is -0.145. The van der Waals surface area contributed by atoms with Gasteiger partial charge in [0, 0.05) is 11.4 Å². The minimum atomic E-state index is -1.34. The molecule has 2 rings (SSSR count). The van der Waals surface area contributed by atoms with E-state index in [9.17, 15) is 4.79 Å². The third-order valence-electron chi connectivity index (χ3n) is 2.96. The van der Waals surface area contributed by atoms with Gasteiger partial charge in [-0.3, -0.25) is 5.32 Å². The Kier molecular flexibility index (Phi) is 5.17. The van der Waals surface area contributed by atoms with Gasteiger partial charge >= 0.3 is 5.97 Å². The largest absolute Gasteiger partial charge is 0.466 e. The molecule has 5 heteroatoms. The molecule has 0 saturated heterocycles. The van der Waals surface area contributed by atoms with Gasteiger partial charge in [-0.05, 0) is 23.4 Å². The normalized spacial score (nSPS) is 13.7. The Labute approximate surface area is 127 Å². The monoisotopic (exact) mass is 309 g/mol. The molecule has 1 N–H and O–H groups in total. The van der Waals surface area contributed by atoms with Crippen molar-refractivity contribution in [3.05, 3.63) is 58.3 Å². The fraction of sp³-hybridized carbons (Fsp3) is 0.267. The molecule has 1 aromatic carbocycles. The molecule has 0 spiro atoms. The van der Waals surface area contributed by atoms with Crippen LogP contribution >= 0.6 is 22.9 Å². The summed E-state index contributed by atoms with van der Waals surface area (Å²) in [5.41, 5.74) is 0.680. The van der Waals surface area contributed by atoms with Crippen LogP contribution in [0.1, 0.15) is 10.4 Å². The zero-order valence-electron chi connectivity index (χ0n) is 11.1. The highest BCUT2D eigenvalue weighted by molar-refractivity contribution is 7.09. The lowest BCUT2D eigenvalue weighted by Crippen LogP contribution is -2.46. The summed E-state index contributed by atoms with van der Waals surface area (Å²) < 4.78 is 4.83. The maximum Gasteiger partial charge on any atom is 0.346 e. The Morgan fingerprint density at radius 1 is 1.30 bits per heavy atom. The van der Waals surface area contributed by atoms with Crippen molar-refractivity contribution in [3.8, 4) is 0 Å². The second-order valence-electron chi connectivity index (χ2n) is 4.27. The Morgan fingerprint density at radius 2 is 2.05 bits per heavy atom. The van der Waals surface area contributed by atoms with Crippen LogP contribution in [0.4, 0.5) is 0 Å². The minimum absolute atomic E-state index is 0.503. The SMILES string of the molecule is COC(=O)[C@](Cl)(NCCc1cccs1)c1ccccc1. The van der Waals surface area contributed by atoms with Crippen LogP contribution in [0.3, 0.4) is 0 Å². The fourth-order valence-electron chi connectivity index (χ4n) is 1.91. The fourth-order valence-corrected chi connectivity index (χ4v) is 2.92. The molecule has 106 valence electrons. The van der Waals surface area contributed by atoms with E-state index in [0.29, 0.717) is 12.1 Å². The summed E-state index contributed by atoms with van der Waals surface area (Å²) in [6.07, 6.45) is 0.815. The van der Waals surface area contributed by atoms with Crippen LogP contribution in [0, 0.1) is 0 Å². The summed E-state index contributed by atoms with van der Waals surface area (Å²) in [6.45, 7) is 0.591. The number of carbonyl (C=O) groups is 1. The number of ether oxygens (including phenoxy) is 1. The van der Waals surface area contributed by atoms with E-state index < -0.39 is 11.0 Å². The molecular formula is C15H16ClNO2S. The van der Waals surface area contributed by atoms with E-state index in [1.54, 1.807) is 11.3 Å². The Bertz CT molecular complexity index is 544. The van der Waals surface area contributed by atoms with Gasteiger partial charge in [-0.15, -0.1) is 11.3 Å². The Balaban J connectivity index is 2.09. The number of halogens is 1. The number of hydrogen-bond acceptors (Lipinski definition) is 4. The van der Waals surface area contributed by atoms with Gasteiger partial charge in [0.2, 0.25) is 5.00 Å². The number of alkyl halides is 1. The summed E-state index contributed by atoms with van der Waals surface area (Å²) in [7, 11) is 1.34. The molecule has 0 bridgehead atoms. The van der Waals surface area contributed by atoms with Crippen molar-refractivity contribution >= 4 is 28.9 Å². The lowest BCUT2D eigenvalue weighted by Gasteiger charge is -2.26. The third-order valence-corrected chi connectivity index (χ3v) is 4.40. The standard InChI is InChI=1S/C15H16ClNO2S/c1-19-14(18)15(16,12-6-3-2-4-7-12)17-10-9-13-8-5-11-20-13/h2-8,11,17H,9-10H2,1H3/t15-/m1/s1. The summed E-state index contributed by atoms with van der Waals surface area (Å²) >= 11 is 8.16. The Hall–Kier alpha value is -1.36. The zero-order valence-corrected chi connectivity index (χ0v) is 12.7.